The zero-order valence-corrected chi connectivity index (χ0v) is 17.0. The lowest BCUT2D eigenvalue weighted by molar-refractivity contribution is -0.153. The van der Waals surface area contributed by atoms with Crippen molar-refractivity contribution in [2.75, 3.05) is 26.4 Å². The van der Waals surface area contributed by atoms with Crippen molar-refractivity contribution in [3.05, 3.63) is 48.0 Å². The molecule has 0 unspecified atom stereocenters. The largest absolute Gasteiger partial charge is 0.463 e. The minimum atomic E-state index is -0.669. The fourth-order valence-corrected chi connectivity index (χ4v) is 2.36. The van der Waals surface area contributed by atoms with Gasteiger partial charge in [0.25, 0.3) is 0 Å². The Morgan fingerprint density at radius 3 is 2.31 bits per heavy atom. The van der Waals surface area contributed by atoms with Crippen molar-refractivity contribution in [3.8, 4) is 0 Å². The fourth-order valence-electron chi connectivity index (χ4n) is 2.36. The highest BCUT2D eigenvalue weighted by atomic mass is 16.6. The van der Waals surface area contributed by atoms with E-state index in [-0.39, 0.29) is 32.3 Å². The Hall–Kier alpha value is -3.09. The summed E-state index contributed by atoms with van der Waals surface area (Å²) in [6.45, 7) is 5.58. The van der Waals surface area contributed by atoms with Crippen LogP contribution in [0, 0.1) is 5.41 Å². The van der Waals surface area contributed by atoms with Gasteiger partial charge in [0.2, 0.25) is 0 Å². The number of ether oxygens (including phenoxy) is 3. The van der Waals surface area contributed by atoms with Gasteiger partial charge in [0, 0.05) is 0 Å². The van der Waals surface area contributed by atoms with Gasteiger partial charge >= 0.3 is 18.0 Å². The highest BCUT2D eigenvalue weighted by Gasteiger charge is 2.26. The highest BCUT2D eigenvalue weighted by Crippen LogP contribution is 2.21. The summed E-state index contributed by atoms with van der Waals surface area (Å²) in [6, 6.07) is 13.0. The first-order valence-electron chi connectivity index (χ1n) is 9.57. The monoisotopic (exact) mass is 401 g/mol. The summed E-state index contributed by atoms with van der Waals surface area (Å²) in [6.07, 6.45) is -0.00303. The van der Waals surface area contributed by atoms with Gasteiger partial charge in [0.15, 0.2) is 0 Å². The predicted molar refractivity (Wildman–Crippen MR) is 109 cm³/mol. The molecule has 0 radical (unpaired) electrons. The molecule has 7 heteroatoms. The second-order valence-electron chi connectivity index (χ2n) is 7.13. The summed E-state index contributed by atoms with van der Waals surface area (Å²) in [5, 5.41) is 4.45. The SMILES string of the molecule is CCC(C)(C)C(=O)OCCNC(=O)OCCOC(=O)c1ccc2ccccc2c1. The molecule has 0 bridgehead atoms. The predicted octanol–water partition coefficient (Wildman–Crippen LogP) is 3.70. The van der Waals surface area contributed by atoms with Crippen molar-refractivity contribution in [2.24, 2.45) is 5.41 Å². The van der Waals surface area contributed by atoms with E-state index in [1.54, 1.807) is 26.0 Å². The van der Waals surface area contributed by atoms with Gasteiger partial charge in [0.05, 0.1) is 17.5 Å². The second-order valence-corrected chi connectivity index (χ2v) is 7.13. The van der Waals surface area contributed by atoms with Crippen LogP contribution < -0.4 is 5.32 Å². The molecule has 29 heavy (non-hydrogen) atoms. The molecule has 0 saturated carbocycles. The number of carbonyl (C=O) groups is 3. The van der Waals surface area contributed by atoms with Crippen molar-refractivity contribution in [2.45, 2.75) is 27.2 Å². The van der Waals surface area contributed by atoms with Crippen LogP contribution in [0.1, 0.15) is 37.6 Å². The smallest absolute Gasteiger partial charge is 0.407 e. The van der Waals surface area contributed by atoms with Crippen LogP contribution >= 0.6 is 0 Å². The Morgan fingerprint density at radius 1 is 0.897 bits per heavy atom. The topological polar surface area (TPSA) is 90.9 Å². The van der Waals surface area contributed by atoms with Crippen LogP contribution in [-0.2, 0) is 19.0 Å². The van der Waals surface area contributed by atoms with Gasteiger partial charge in [-0.1, -0.05) is 37.3 Å². The number of hydrogen-bond donors (Lipinski definition) is 1. The third-order valence-corrected chi connectivity index (χ3v) is 4.58. The average Bonchev–Trinajstić information content (AvgIpc) is 2.73. The van der Waals surface area contributed by atoms with Crippen LogP contribution in [0.4, 0.5) is 4.79 Å². The molecule has 156 valence electrons. The number of fused-ring (bicyclic) bond motifs is 1. The van der Waals surface area contributed by atoms with Gasteiger partial charge in [-0.05, 0) is 43.2 Å². The first-order valence-corrected chi connectivity index (χ1v) is 9.57. The maximum Gasteiger partial charge on any atom is 0.407 e. The third kappa shape index (κ3) is 6.78. The van der Waals surface area contributed by atoms with E-state index in [1.807, 2.05) is 37.3 Å². The van der Waals surface area contributed by atoms with Crippen molar-refractivity contribution < 1.29 is 28.6 Å². The van der Waals surface area contributed by atoms with Gasteiger partial charge in [-0.25, -0.2) is 9.59 Å². The summed E-state index contributed by atoms with van der Waals surface area (Å²) in [5.74, 6) is -0.791. The van der Waals surface area contributed by atoms with Crippen LogP contribution in [0.25, 0.3) is 10.8 Å². The molecule has 0 aromatic heterocycles. The van der Waals surface area contributed by atoms with Crippen LogP contribution in [0.2, 0.25) is 0 Å². The Kier molecular flexibility index (Phi) is 8.00. The fraction of sp³-hybridized carbons (Fsp3) is 0.409. The summed E-state index contributed by atoms with van der Waals surface area (Å²) >= 11 is 0. The van der Waals surface area contributed by atoms with Crippen LogP contribution in [0.5, 0.6) is 0 Å². The summed E-state index contributed by atoms with van der Waals surface area (Å²) in [5.41, 5.74) is -0.111. The van der Waals surface area contributed by atoms with E-state index in [1.165, 1.54) is 0 Å². The Balaban J connectivity index is 1.62. The third-order valence-electron chi connectivity index (χ3n) is 4.58. The van der Waals surface area contributed by atoms with Crippen LogP contribution in [0.15, 0.2) is 42.5 Å². The van der Waals surface area contributed by atoms with E-state index in [4.69, 9.17) is 14.2 Å². The Bertz CT molecular complexity index is 861. The molecule has 0 saturated heterocycles. The van der Waals surface area contributed by atoms with E-state index in [9.17, 15) is 14.4 Å². The van der Waals surface area contributed by atoms with Gasteiger partial charge < -0.3 is 19.5 Å². The van der Waals surface area contributed by atoms with Crippen molar-refractivity contribution in [1.29, 1.82) is 0 Å². The average molecular weight is 401 g/mol. The lowest BCUT2D eigenvalue weighted by Crippen LogP contribution is -2.32. The Morgan fingerprint density at radius 2 is 1.59 bits per heavy atom. The van der Waals surface area contributed by atoms with E-state index < -0.39 is 17.5 Å². The number of alkyl carbamates (subject to hydrolysis) is 1. The highest BCUT2D eigenvalue weighted by molar-refractivity contribution is 5.95. The number of hydrogen-bond acceptors (Lipinski definition) is 6. The van der Waals surface area contributed by atoms with Crippen molar-refractivity contribution >= 4 is 28.8 Å². The summed E-state index contributed by atoms with van der Waals surface area (Å²) < 4.78 is 15.2. The zero-order valence-electron chi connectivity index (χ0n) is 17.0. The molecule has 1 amide bonds. The molecule has 0 aliphatic carbocycles. The molecule has 0 aliphatic rings. The lowest BCUT2D eigenvalue weighted by Gasteiger charge is -2.20. The van der Waals surface area contributed by atoms with Crippen molar-refractivity contribution in [1.82, 2.24) is 5.32 Å². The molecule has 2 aromatic carbocycles. The molecule has 0 heterocycles. The summed E-state index contributed by atoms with van der Waals surface area (Å²) in [7, 11) is 0. The quantitative estimate of drug-likeness (QED) is 0.391. The number of rotatable bonds is 9. The van der Waals surface area contributed by atoms with Crippen LogP contribution in [-0.4, -0.2) is 44.4 Å². The number of nitrogens with one attached hydrogen (secondary N) is 1. The van der Waals surface area contributed by atoms with E-state index in [0.29, 0.717) is 12.0 Å². The number of benzene rings is 2. The molecule has 2 aromatic rings. The maximum absolute atomic E-state index is 12.1. The first-order chi connectivity index (χ1) is 13.8. The van der Waals surface area contributed by atoms with Gasteiger partial charge in [-0.15, -0.1) is 0 Å². The van der Waals surface area contributed by atoms with Crippen LogP contribution in [0.3, 0.4) is 0 Å². The lowest BCUT2D eigenvalue weighted by atomic mass is 9.91. The standard InChI is InChI=1S/C22H27NO6/c1-4-22(2,3)20(25)28-12-11-23-21(26)29-14-13-27-19(24)18-10-9-16-7-5-6-8-17(16)15-18/h5-10,15H,4,11-14H2,1-3H3,(H,23,26). The number of amides is 1. The number of esters is 2. The molecule has 1 N–H and O–H groups in total. The Labute approximate surface area is 170 Å². The second kappa shape index (κ2) is 10.5. The normalized spacial score (nSPS) is 11.0. The molecule has 7 nitrogen and oxygen atoms in total. The molecule has 0 aliphatic heterocycles. The first kappa shape index (κ1) is 22.2. The minimum Gasteiger partial charge on any atom is -0.463 e. The van der Waals surface area contributed by atoms with Gasteiger partial charge in [0.1, 0.15) is 19.8 Å². The molecular weight excluding hydrogens is 374 g/mol. The minimum absolute atomic E-state index is 0.0568. The molecular formula is C22H27NO6. The van der Waals surface area contributed by atoms with Crippen molar-refractivity contribution in [3.63, 3.8) is 0 Å². The zero-order chi connectivity index (χ0) is 21.3. The van der Waals surface area contributed by atoms with Gasteiger partial charge in [-0.3, -0.25) is 4.79 Å². The summed E-state index contributed by atoms with van der Waals surface area (Å²) in [4.78, 5) is 35.5. The van der Waals surface area contributed by atoms with E-state index in [0.717, 1.165) is 10.8 Å². The molecule has 0 atom stereocenters. The molecule has 2 rings (SSSR count). The molecule has 0 fully saturated rings. The van der Waals surface area contributed by atoms with Gasteiger partial charge in [-0.2, -0.15) is 0 Å². The maximum atomic E-state index is 12.1. The van der Waals surface area contributed by atoms with E-state index >= 15 is 0 Å². The number of carbonyl (C=O) groups excluding carboxylic acids is 3. The van der Waals surface area contributed by atoms with E-state index in [2.05, 4.69) is 5.32 Å². The molecule has 0 spiro atoms.